The van der Waals surface area contributed by atoms with Gasteiger partial charge in [-0.05, 0) is 88.0 Å². The number of fused-ring (bicyclic) bond motifs is 4. The Bertz CT molecular complexity index is 2410. The van der Waals surface area contributed by atoms with E-state index in [1.54, 1.807) is 0 Å². The molecule has 1 aliphatic rings. The molecule has 0 bridgehead atoms. The summed E-state index contributed by atoms with van der Waals surface area (Å²) < 4.78 is 2.50. The quantitative estimate of drug-likeness (QED) is 0.181. The van der Waals surface area contributed by atoms with Crippen molar-refractivity contribution in [1.82, 2.24) is 4.57 Å². The van der Waals surface area contributed by atoms with Gasteiger partial charge >= 0.3 is 0 Å². The summed E-state index contributed by atoms with van der Waals surface area (Å²) in [5.74, 6) is 0. The molecule has 2 nitrogen and oxygen atoms in total. The van der Waals surface area contributed by atoms with Gasteiger partial charge in [-0.25, -0.2) is 0 Å². The average Bonchev–Trinajstić information content (AvgIpc) is 3.50. The lowest BCUT2D eigenvalue weighted by atomic mass is 9.96. The molecule has 1 heterocycles. The van der Waals surface area contributed by atoms with Crippen molar-refractivity contribution in [3.05, 3.63) is 194 Å². The summed E-state index contributed by atoms with van der Waals surface area (Å²) >= 11 is 0. The third kappa shape index (κ3) is 4.90. The fourth-order valence-electron chi connectivity index (χ4n) is 7.42. The van der Waals surface area contributed by atoms with Gasteiger partial charge in [0.25, 0.3) is 0 Å². The van der Waals surface area contributed by atoms with E-state index in [-0.39, 0.29) is 6.04 Å². The van der Waals surface area contributed by atoms with Crippen LogP contribution in [0.4, 0.5) is 17.1 Å². The average molecular weight is 615 g/mol. The smallest absolute Gasteiger partial charge is 0.0560 e. The van der Waals surface area contributed by atoms with Crippen molar-refractivity contribution in [2.45, 2.75) is 12.5 Å². The van der Waals surface area contributed by atoms with Gasteiger partial charge in [0.2, 0.25) is 0 Å². The Morgan fingerprint density at radius 1 is 0.458 bits per heavy atom. The predicted octanol–water partition coefficient (Wildman–Crippen LogP) is 12.7. The van der Waals surface area contributed by atoms with Crippen LogP contribution in [0, 0.1) is 0 Å². The molecule has 228 valence electrons. The van der Waals surface area contributed by atoms with E-state index in [0.717, 1.165) is 23.5 Å². The van der Waals surface area contributed by atoms with Gasteiger partial charge in [0, 0.05) is 38.9 Å². The lowest BCUT2D eigenvalue weighted by Gasteiger charge is -2.26. The molecule has 1 aromatic heterocycles. The number of anilines is 3. The van der Waals surface area contributed by atoms with Crippen molar-refractivity contribution >= 4 is 55.2 Å². The van der Waals surface area contributed by atoms with Crippen LogP contribution in [0.2, 0.25) is 0 Å². The van der Waals surface area contributed by atoms with Crippen LogP contribution >= 0.6 is 0 Å². The van der Waals surface area contributed by atoms with Crippen molar-refractivity contribution in [3.8, 4) is 11.1 Å². The molecule has 0 saturated carbocycles. The molecule has 7 aromatic carbocycles. The minimum absolute atomic E-state index is 0.281. The molecule has 0 fully saturated rings. The molecule has 1 aliphatic carbocycles. The number of benzene rings is 7. The fraction of sp³-hybridized carbons (Fsp3) is 0.0435. The van der Waals surface area contributed by atoms with E-state index in [4.69, 9.17) is 0 Å². The third-order valence-corrected chi connectivity index (χ3v) is 9.73. The second kappa shape index (κ2) is 11.9. The molecule has 0 saturated heterocycles. The van der Waals surface area contributed by atoms with Crippen LogP contribution in [-0.4, -0.2) is 4.57 Å². The summed E-state index contributed by atoms with van der Waals surface area (Å²) in [6, 6.07) is 61.5. The number of aromatic nitrogens is 1. The molecule has 9 rings (SSSR count). The number of nitrogens with zero attached hydrogens (tertiary/aromatic N) is 2. The minimum atomic E-state index is 0.281. The van der Waals surface area contributed by atoms with Crippen molar-refractivity contribution in [3.63, 3.8) is 0 Å². The molecule has 48 heavy (non-hydrogen) atoms. The third-order valence-electron chi connectivity index (χ3n) is 9.73. The molecule has 2 heteroatoms. The molecule has 1 unspecified atom stereocenters. The largest absolute Gasteiger partial charge is 0.333 e. The van der Waals surface area contributed by atoms with E-state index in [2.05, 4.69) is 198 Å². The molecule has 0 spiro atoms. The normalized spacial score (nSPS) is 14.4. The van der Waals surface area contributed by atoms with Crippen LogP contribution in [-0.2, 0) is 0 Å². The van der Waals surface area contributed by atoms with Gasteiger partial charge in [-0.15, -0.1) is 0 Å². The van der Waals surface area contributed by atoms with Gasteiger partial charge in [-0.2, -0.15) is 0 Å². The molecule has 0 radical (unpaired) electrons. The second-order valence-corrected chi connectivity index (χ2v) is 12.5. The Balaban J connectivity index is 1.01. The number of hydrogen-bond donors (Lipinski definition) is 0. The number of rotatable bonds is 6. The maximum atomic E-state index is 2.50. The van der Waals surface area contributed by atoms with Gasteiger partial charge < -0.3 is 9.47 Å². The van der Waals surface area contributed by atoms with Crippen molar-refractivity contribution in [1.29, 1.82) is 0 Å². The Kier molecular flexibility index (Phi) is 6.98. The van der Waals surface area contributed by atoms with E-state index in [1.807, 2.05) is 0 Å². The first-order chi connectivity index (χ1) is 23.8. The lowest BCUT2D eigenvalue weighted by Crippen LogP contribution is -2.10. The second-order valence-electron chi connectivity index (χ2n) is 12.5. The van der Waals surface area contributed by atoms with E-state index in [1.165, 1.54) is 54.8 Å². The maximum Gasteiger partial charge on any atom is 0.0560 e. The van der Waals surface area contributed by atoms with Gasteiger partial charge in [0.15, 0.2) is 0 Å². The number of allylic oxidation sites excluding steroid dienone is 4. The summed E-state index contributed by atoms with van der Waals surface area (Å²) in [6.07, 6.45) is 8.02. The Labute approximate surface area is 281 Å². The van der Waals surface area contributed by atoms with Gasteiger partial charge in [0.05, 0.1) is 6.04 Å². The molecule has 8 aromatic rings. The highest BCUT2D eigenvalue weighted by atomic mass is 15.1. The fourth-order valence-corrected chi connectivity index (χ4v) is 7.42. The van der Waals surface area contributed by atoms with Crippen LogP contribution < -0.4 is 4.90 Å². The summed E-state index contributed by atoms with van der Waals surface area (Å²) in [6.45, 7) is 0. The summed E-state index contributed by atoms with van der Waals surface area (Å²) in [4.78, 5) is 2.33. The van der Waals surface area contributed by atoms with Gasteiger partial charge in [0.1, 0.15) is 0 Å². The predicted molar refractivity (Wildman–Crippen MR) is 204 cm³/mol. The van der Waals surface area contributed by atoms with E-state index < -0.39 is 0 Å². The first kappa shape index (κ1) is 28.1. The zero-order valence-electron chi connectivity index (χ0n) is 26.6. The van der Waals surface area contributed by atoms with E-state index in [0.29, 0.717) is 0 Å². The zero-order valence-corrected chi connectivity index (χ0v) is 26.6. The summed E-state index contributed by atoms with van der Waals surface area (Å²) in [5, 5.41) is 5.17. The van der Waals surface area contributed by atoms with Gasteiger partial charge in [-0.1, -0.05) is 140 Å². The molecule has 0 amide bonds. The molecule has 1 atom stereocenters. The Morgan fingerprint density at radius 3 is 1.65 bits per heavy atom. The molecular weight excluding hydrogens is 581 g/mol. The molecular formula is C46H34N2. The SMILES string of the molecule is C1=CC(n2c3ccccc3c3ccccc32)CC=C1c1ccc(N(c2ccccc2)c2ccc(-c3cccc4ccccc34)cc2)cc1. The first-order valence-electron chi connectivity index (χ1n) is 16.7. The monoisotopic (exact) mass is 614 g/mol. The van der Waals surface area contributed by atoms with Crippen LogP contribution in [0.15, 0.2) is 188 Å². The van der Waals surface area contributed by atoms with Gasteiger partial charge in [-0.3, -0.25) is 0 Å². The molecule has 0 aliphatic heterocycles. The molecule has 0 N–H and O–H groups in total. The lowest BCUT2D eigenvalue weighted by molar-refractivity contribution is 0.649. The zero-order chi connectivity index (χ0) is 31.9. The highest BCUT2D eigenvalue weighted by molar-refractivity contribution is 6.08. The number of para-hydroxylation sites is 3. The topological polar surface area (TPSA) is 8.17 Å². The Morgan fingerprint density at radius 2 is 1.00 bits per heavy atom. The summed E-state index contributed by atoms with van der Waals surface area (Å²) in [5.41, 5.74) is 10.9. The van der Waals surface area contributed by atoms with Crippen LogP contribution in [0.1, 0.15) is 18.0 Å². The maximum absolute atomic E-state index is 2.50. The standard InChI is InChI=1S/C46H34N2/c1-2-13-37(14-3-1)47(39-31-25-36(26-32-39)42-18-10-12-35-11-4-5-15-41(35)42)38-27-21-33(22-28-38)34-23-29-40(30-24-34)48-45-19-8-6-16-43(45)44-17-7-9-20-46(44)48/h1-29,31-32,40H,30H2. The highest BCUT2D eigenvalue weighted by Gasteiger charge is 2.19. The number of hydrogen-bond acceptors (Lipinski definition) is 1. The van der Waals surface area contributed by atoms with E-state index >= 15 is 0 Å². The van der Waals surface area contributed by atoms with Crippen molar-refractivity contribution < 1.29 is 0 Å². The first-order valence-corrected chi connectivity index (χ1v) is 16.7. The minimum Gasteiger partial charge on any atom is -0.333 e. The van der Waals surface area contributed by atoms with Crippen molar-refractivity contribution in [2.75, 3.05) is 4.90 Å². The van der Waals surface area contributed by atoms with Crippen LogP contribution in [0.5, 0.6) is 0 Å². The van der Waals surface area contributed by atoms with Crippen LogP contribution in [0.25, 0.3) is 49.3 Å². The highest BCUT2D eigenvalue weighted by Crippen LogP contribution is 2.39. The van der Waals surface area contributed by atoms with Crippen molar-refractivity contribution in [2.24, 2.45) is 0 Å². The Hall–Kier alpha value is -6.12. The van der Waals surface area contributed by atoms with Crippen LogP contribution in [0.3, 0.4) is 0 Å². The van der Waals surface area contributed by atoms with E-state index in [9.17, 15) is 0 Å². The summed E-state index contributed by atoms with van der Waals surface area (Å²) in [7, 11) is 0.